The zero-order valence-corrected chi connectivity index (χ0v) is 18.0. The molecule has 31 heavy (non-hydrogen) atoms. The number of nitrogens with zero attached hydrogens (tertiary/aromatic N) is 1. The van der Waals surface area contributed by atoms with Crippen molar-refractivity contribution in [1.82, 2.24) is 10.2 Å². The van der Waals surface area contributed by atoms with Crippen LogP contribution in [-0.4, -0.2) is 55.3 Å². The van der Waals surface area contributed by atoms with E-state index in [9.17, 15) is 9.59 Å². The van der Waals surface area contributed by atoms with Gasteiger partial charge < -0.3 is 19.7 Å². The molecule has 2 aliphatic heterocycles. The number of ether oxygens (including phenoxy) is 2. The van der Waals surface area contributed by atoms with Gasteiger partial charge in [0.2, 0.25) is 0 Å². The van der Waals surface area contributed by atoms with Crippen LogP contribution in [0, 0.1) is 0 Å². The van der Waals surface area contributed by atoms with E-state index in [2.05, 4.69) is 41.5 Å². The molecule has 2 aromatic carbocycles. The predicted molar refractivity (Wildman–Crippen MR) is 117 cm³/mol. The van der Waals surface area contributed by atoms with E-state index in [1.807, 2.05) is 24.3 Å². The van der Waals surface area contributed by atoms with Gasteiger partial charge in [0.05, 0.1) is 7.11 Å². The van der Waals surface area contributed by atoms with Gasteiger partial charge in [0.25, 0.3) is 0 Å². The zero-order valence-electron chi connectivity index (χ0n) is 18.0. The van der Waals surface area contributed by atoms with Gasteiger partial charge in [-0.25, -0.2) is 9.59 Å². The lowest BCUT2D eigenvalue weighted by Gasteiger charge is -2.43. The highest BCUT2D eigenvalue weighted by Gasteiger charge is 2.53. The first-order chi connectivity index (χ1) is 15.0. The molecule has 2 heterocycles. The van der Waals surface area contributed by atoms with E-state index < -0.39 is 11.6 Å². The van der Waals surface area contributed by atoms with Crippen molar-refractivity contribution in [3.05, 3.63) is 59.7 Å². The van der Waals surface area contributed by atoms with Crippen LogP contribution >= 0.6 is 0 Å². The number of fused-ring (bicyclic) bond motifs is 5. The Kier molecular flexibility index (Phi) is 4.97. The molecule has 2 saturated heterocycles. The molecule has 0 spiro atoms. The minimum Gasteiger partial charge on any atom is -0.467 e. The Morgan fingerprint density at radius 3 is 2.10 bits per heavy atom. The maximum atomic E-state index is 12.9. The summed E-state index contributed by atoms with van der Waals surface area (Å²) in [5.74, 6) is -0.396. The Morgan fingerprint density at radius 1 is 1.00 bits per heavy atom. The Bertz CT molecular complexity index is 961. The Morgan fingerprint density at radius 2 is 1.55 bits per heavy atom. The average Bonchev–Trinajstić information content (AvgIpc) is 3.20. The van der Waals surface area contributed by atoms with Gasteiger partial charge in [0.15, 0.2) is 0 Å². The van der Waals surface area contributed by atoms with Crippen molar-refractivity contribution in [2.75, 3.05) is 20.8 Å². The number of benzene rings is 2. The fourth-order valence-corrected chi connectivity index (χ4v) is 5.82. The number of hydrogen-bond acceptors (Lipinski definition) is 5. The van der Waals surface area contributed by atoms with Gasteiger partial charge in [0.1, 0.15) is 12.1 Å². The number of nitrogens with one attached hydrogen (secondary N) is 1. The number of carbonyl (C=O) groups is 2. The van der Waals surface area contributed by atoms with Crippen LogP contribution in [0.1, 0.15) is 42.7 Å². The van der Waals surface area contributed by atoms with Crippen molar-refractivity contribution < 1.29 is 19.1 Å². The summed E-state index contributed by atoms with van der Waals surface area (Å²) in [6.45, 7) is 0.226. The van der Waals surface area contributed by atoms with E-state index >= 15 is 0 Å². The van der Waals surface area contributed by atoms with Crippen LogP contribution in [0.25, 0.3) is 11.1 Å². The van der Waals surface area contributed by atoms with Crippen molar-refractivity contribution in [1.29, 1.82) is 0 Å². The number of carbonyl (C=O) groups excluding carboxylic acids is 2. The molecule has 0 radical (unpaired) electrons. The molecule has 6 heteroatoms. The lowest BCUT2D eigenvalue weighted by atomic mass is 9.83. The third-order valence-corrected chi connectivity index (χ3v) is 7.41. The summed E-state index contributed by atoms with van der Waals surface area (Å²) in [6, 6.07) is 17.0. The smallest absolute Gasteiger partial charge is 0.408 e. The van der Waals surface area contributed by atoms with E-state index in [-0.39, 0.29) is 30.6 Å². The molecule has 1 N–H and O–H groups in total. The first-order valence-corrected chi connectivity index (χ1v) is 11.0. The van der Waals surface area contributed by atoms with Crippen molar-refractivity contribution >= 4 is 12.1 Å². The van der Waals surface area contributed by atoms with E-state index in [4.69, 9.17) is 9.47 Å². The molecule has 2 fully saturated rings. The summed E-state index contributed by atoms with van der Waals surface area (Å²) in [5.41, 5.74) is 3.68. The van der Waals surface area contributed by atoms with Crippen molar-refractivity contribution in [2.45, 2.75) is 49.2 Å². The third-order valence-electron chi connectivity index (χ3n) is 7.41. The van der Waals surface area contributed by atoms with E-state index in [0.717, 1.165) is 24.0 Å². The molecule has 2 unspecified atom stereocenters. The lowest BCUT2D eigenvalue weighted by Crippen LogP contribution is -2.63. The molecule has 2 bridgehead atoms. The number of esters is 1. The lowest BCUT2D eigenvalue weighted by molar-refractivity contribution is -0.151. The van der Waals surface area contributed by atoms with Gasteiger partial charge in [-0.2, -0.15) is 0 Å². The highest BCUT2D eigenvalue weighted by atomic mass is 16.6. The number of piperidine rings is 1. The molecule has 2 atom stereocenters. The standard InChI is InChI=1S/C25H28N2O4/c1-27-16-11-12-17(27)14-25(13-16,23(28)30-2)26-24(29)31-15-22-20-9-5-3-7-18(20)19-8-4-6-10-21(19)22/h3-10,16-17,22H,11-15H2,1-2H3,(H,26,29). The van der Waals surface area contributed by atoms with Crippen LogP contribution in [-0.2, 0) is 14.3 Å². The van der Waals surface area contributed by atoms with Crippen LogP contribution in [0.2, 0.25) is 0 Å². The van der Waals surface area contributed by atoms with E-state index in [0.29, 0.717) is 12.8 Å². The van der Waals surface area contributed by atoms with Crippen molar-refractivity contribution in [3.63, 3.8) is 0 Å². The second-order valence-electron chi connectivity index (χ2n) is 8.98. The Labute approximate surface area is 182 Å². The first-order valence-electron chi connectivity index (χ1n) is 11.0. The Hall–Kier alpha value is -2.86. The summed E-state index contributed by atoms with van der Waals surface area (Å²) in [6.07, 6.45) is 2.61. The summed E-state index contributed by atoms with van der Waals surface area (Å²) in [5, 5.41) is 2.91. The van der Waals surface area contributed by atoms with Gasteiger partial charge in [-0.05, 0) is 55.0 Å². The second-order valence-corrected chi connectivity index (χ2v) is 8.98. The highest BCUT2D eigenvalue weighted by molar-refractivity contribution is 5.86. The molecule has 0 saturated carbocycles. The fraction of sp³-hybridized carbons (Fsp3) is 0.440. The number of rotatable bonds is 4. The molecule has 1 aliphatic carbocycles. The zero-order chi connectivity index (χ0) is 21.6. The van der Waals surface area contributed by atoms with Gasteiger partial charge in [-0.15, -0.1) is 0 Å². The summed E-state index contributed by atoms with van der Waals surface area (Å²) >= 11 is 0. The SMILES string of the molecule is COC(=O)C1(NC(=O)OCC2c3ccccc3-c3ccccc32)CC2CCC(C1)N2C. The summed E-state index contributed by atoms with van der Waals surface area (Å²) < 4.78 is 10.8. The average molecular weight is 421 g/mol. The summed E-state index contributed by atoms with van der Waals surface area (Å²) in [7, 11) is 3.47. The number of alkyl carbamates (subject to hydrolysis) is 1. The second kappa shape index (κ2) is 7.68. The molecular formula is C25H28N2O4. The van der Waals surface area contributed by atoms with Crippen molar-refractivity contribution in [2.24, 2.45) is 0 Å². The molecule has 1 amide bonds. The van der Waals surface area contributed by atoms with E-state index in [1.165, 1.54) is 18.2 Å². The molecule has 3 aliphatic rings. The fourth-order valence-electron chi connectivity index (χ4n) is 5.82. The van der Waals surface area contributed by atoms with Gasteiger partial charge in [0, 0.05) is 18.0 Å². The minimum absolute atomic E-state index is 0.0131. The molecule has 2 aromatic rings. The highest BCUT2D eigenvalue weighted by Crippen LogP contribution is 2.45. The number of amides is 1. The van der Waals surface area contributed by atoms with Crippen molar-refractivity contribution in [3.8, 4) is 11.1 Å². The maximum absolute atomic E-state index is 12.9. The molecule has 162 valence electrons. The predicted octanol–water partition coefficient (Wildman–Crippen LogP) is 3.69. The van der Waals surface area contributed by atoms with Gasteiger partial charge in [-0.3, -0.25) is 0 Å². The quantitative estimate of drug-likeness (QED) is 0.764. The third kappa shape index (κ3) is 3.30. The van der Waals surface area contributed by atoms with E-state index in [1.54, 1.807) is 0 Å². The normalized spacial score (nSPS) is 26.8. The molecule has 5 rings (SSSR count). The van der Waals surface area contributed by atoms with Gasteiger partial charge >= 0.3 is 12.1 Å². The maximum Gasteiger partial charge on any atom is 0.408 e. The Balaban J connectivity index is 1.32. The first kappa shape index (κ1) is 20.1. The van der Waals surface area contributed by atoms with Crippen LogP contribution in [0.15, 0.2) is 48.5 Å². The number of methoxy groups -OCH3 is 1. The number of hydrogen-bond donors (Lipinski definition) is 1. The largest absolute Gasteiger partial charge is 0.467 e. The molecular weight excluding hydrogens is 392 g/mol. The van der Waals surface area contributed by atoms with Crippen LogP contribution in [0.4, 0.5) is 4.79 Å². The van der Waals surface area contributed by atoms with Crippen LogP contribution in [0.3, 0.4) is 0 Å². The molecule has 6 nitrogen and oxygen atoms in total. The molecule has 0 aromatic heterocycles. The van der Waals surface area contributed by atoms with Gasteiger partial charge in [-0.1, -0.05) is 48.5 Å². The summed E-state index contributed by atoms with van der Waals surface area (Å²) in [4.78, 5) is 27.9. The minimum atomic E-state index is -1.02. The topological polar surface area (TPSA) is 67.9 Å². The van der Waals surface area contributed by atoms with Crippen LogP contribution in [0.5, 0.6) is 0 Å². The van der Waals surface area contributed by atoms with Crippen LogP contribution < -0.4 is 5.32 Å². The monoisotopic (exact) mass is 420 g/mol.